The van der Waals surface area contributed by atoms with Crippen molar-refractivity contribution in [3.8, 4) is 5.75 Å². The fraction of sp³-hybridized carbons (Fsp3) is 0.0714. The zero-order valence-corrected chi connectivity index (χ0v) is 13.8. The van der Waals surface area contributed by atoms with Crippen molar-refractivity contribution < 1.29 is 9.90 Å². The fourth-order valence-corrected chi connectivity index (χ4v) is 2.54. The van der Waals surface area contributed by atoms with Crippen LogP contribution in [-0.2, 0) is 0 Å². The van der Waals surface area contributed by atoms with E-state index in [0.29, 0.717) is 11.3 Å². The van der Waals surface area contributed by atoms with Crippen molar-refractivity contribution in [1.29, 1.82) is 0 Å². The lowest BCUT2D eigenvalue weighted by Crippen LogP contribution is -2.13. The number of aryl methyl sites for hydroxylation is 1. The molecule has 19 heavy (non-hydrogen) atoms. The summed E-state index contributed by atoms with van der Waals surface area (Å²) >= 11 is 5.48. The number of nitrogens with one attached hydrogen (secondary N) is 1. The van der Waals surface area contributed by atoms with Crippen LogP contribution in [0.15, 0.2) is 40.9 Å². The average Bonchev–Trinajstić information content (AvgIpc) is 2.36. The normalized spacial score (nSPS) is 10.3. The van der Waals surface area contributed by atoms with Crippen molar-refractivity contribution in [2.45, 2.75) is 6.92 Å². The van der Waals surface area contributed by atoms with Crippen LogP contribution in [-0.4, -0.2) is 11.0 Å². The second-order valence-electron chi connectivity index (χ2n) is 4.08. The maximum atomic E-state index is 12.2. The van der Waals surface area contributed by atoms with E-state index in [1.807, 2.05) is 12.1 Å². The third kappa shape index (κ3) is 3.48. The van der Waals surface area contributed by atoms with Gasteiger partial charge < -0.3 is 10.4 Å². The number of rotatable bonds is 2. The Balaban J connectivity index is 2.25. The molecule has 0 fully saturated rings. The van der Waals surface area contributed by atoms with Gasteiger partial charge in [0.25, 0.3) is 5.91 Å². The molecule has 0 aliphatic carbocycles. The molecule has 5 heteroatoms. The first kappa shape index (κ1) is 14.3. The number of amides is 1. The van der Waals surface area contributed by atoms with Crippen LogP contribution >= 0.6 is 38.5 Å². The smallest absolute Gasteiger partial charge is 0.256 e. The van der Waals surface area contributed by atoms with Gasteiger partial charge in [-0.25, -0.2) is 0 Å². The molecule has 0 bridgehead atoms. The quantitative estimate of drug-likeness (QED) is 0.549. The van der Waals surface area contributed by atoms with E-state index in [-0.39, 0.29) is 11.7 Å². The van der Waals surface area contributed by atoms with Gasteiger partial charge in [-0.2, -0.15) is 0 Å². The minimum Gasteiger partial charge on any atom is -0.508 e. The van der Waals surface area contributed by atoms with E-state index >= 15 is 0 Å². The Morgan fingerprint density at radius 2 is 2.00 bits per heavy atom. The Morgan fingerprint density at radius 1 is 1.26 bits per heavy atom. The van der Waals surface area contributed by atoms with E-state index in [2.05, 4.69) is 43.8 Å². The third-order valence-corrected chi connectivity index (χ3v) is 4.06. The van der Waals surface area contributed by atoms with Crippen LogP contribution in [0.5, 0.6) is 5.75 Å². The maximum Gasteiger partial charge on any atom is 0.256 e. The van der Waals surface area contributed by atoms with E-state index in [1.54, 1.807) is 31.2 Å². The summed E-state index contributed by atoms with van der Waals surface area (Å²) < 4.78 is 1.74. The number of anilines is 1. The molecule has 0 saturated carbocycles. The molecule has 0 atom stereocenters. The zero-order valence-electron chi connectivity index (χ0n) is 10.1. The Hall–Kier alpha value is -1.08. The minimum absolute atomic E-state index is 0.171. The molecular weight excluding hydrogens is 421 g/mol. The van der Waals surface area contributed by atoms with Crippen LogP contribution in [0.3, 0.4) is 0 Å². The van der Waals surface area contributed by atoms with E-state index < -0.39 is 0 Å². The Morgan fingerprint density at radius 3 is 2.68 bits per heavy atom. The number of phenols is 1. The highest BCUT2D eigenvalue weighted by atomic mass is 127. The van der Waals surface area contributed by atoms with Gasteiger partial charge in [-0.3, -0.25) is 4.79 Å². The Labute approximate surface area is 133 Å². The van der Waals surface area contributed by atoms with Crippen molar-refractivity contribution in [3.63, 3.8) is 0 Å². The SMILES string of the molecule is Cc1cc(NC(=O)c2cc(Br)ccc2I)ccc1O. The summed E-state index contributed by atoms with van der Waals surface area (Å²) in [5, 5.41) is 12.3. The summed E-state index contributed by atoms with van der Waals surface area (Å²) in [5.41, 5.74) is 2.00. The van der Waals surface area contributed by atoms with Crippen molar-refractivity contribution in [3.05, 3.63) is 55.6 Å². The van der Waals surface area contributed by atoms with Crippen LogP contribution in [0.1, 0.15) is 15.9 Å². The zero-order chi connectivity index (χ0) is 14.0. The summed E-state index contributed by atoms with van der Waals surface area (Å²) in [6.07, 6.45) is 0. The molecule has 0 aliphatic rings. The highest BCUT2D eigenvalue weighted by Gasteiger charge is 2.11. The highest BCUT2D eigenvalue weighted by molar-refractivity contribution is 14.1. The molecule has 0 spiro atoms. The standard InChI is InChI=1S/C14H11BrINO2/c1-8-6-10(3-5-13(8)18)17-14(19)11-7-9(15)2-4-12(11)16/h2-7,18H,1H3,(H,17,19). The first-order chi connectivity index (χ1) is 8.97. The van der Waals surface area contributed by atoms with E-state index in [1.165, 1.54) is 0 Å². The van der Waals surface area contributed by atoms with Crippen LogP contribution in [0.4, 0.5) is 5.69 Å². The molecule has 0 unspecified atom stereocenters. The largest absolute Gasteiger partial charge is 0.508 e. The predicted octanol–water partition coefficient (Wildman–Crippen LogP) is 4.32. The number of halogens is 2. The summed E-state index contributed by atoms with van der Waals surface area (Å²) in [6.45, 7) is 1.79. The molecule has 2 aromatic rings. The average molecular weight is 432 g/mol. The molecule has 0 aliphatic heterocycles. The summed E-state index contributed by atoms with van der Waals surface area (Å²) in [5.74, 6) is 0.0471. The van der Waals surface area contributed by atoms with Gasteiger partial charge in [-0.1, -0.05) is 15.9 Å². The van der Waals surface area contributed by atoms with Crippen molar-refractivity contribution in [2.24, 2.45) is 0 Å². The van der Waals surface area contributed by atoms with Gasteiger partial charge in [-0.05, 0) is 71.5 Å². The molecule has 3 nitrogen and oxygen atoms in total. The van der Waals surface area contributed by atoms with Crippen LogP contribution < -0.4 is 5.32 Å². The van der Waals surface area contributed by atoms with Gasteiger partial charge in [0.2, 0.25) is 0 Å². The lowest BCUT2D eigenvalue weighted by Gasteiger charge is -2.08. The van der Waals surface area contributed by atoms with E-state index in [0.717, 1.165) is 13.6 Å². The lowest BCUT2D eigenvalue weighted by atomic mass is 10.1. The first-order valence-electron chi connectivity index (χ1n) is 5.53. The van der Waals surface area contributed by atoms with E-state index in [9.17, 15) is 9.90 Å². The number of hydrogen-bond acceptors (Lipinski definition) is 2. The van der Waals surface area contributed by atoms with Crippen LogP contribution in [0.25, 0.3) is 0 Å². The number of hydrogen-bond donors (Lipinski definition) is 2. The number of phenolic OH excluding ortho intramolecular Hbond substituents is 1. The lowest BCUT2D eigenvalue weighted by molar-refractivity contribution is 0.102. The molecular formula is C14H11BrINO2. The molecule has 0 aromatic heterocycles. The van der Waals surface area contributed by atoms with Crippen LogP contribution in [0, 0.1) is 10.5 Å². The van der Waals surface area contributed by atoms with Gasteiger partial charge in [0.05, 0.1) is 5.56 Å². The van der Waals surface area contributed by atoms with Crippen molar-refractivity contribution >= 4 is 50.1 Å². The maximum absolute atomic E-state index is 12.2. The summed E-state index contributed by atoms with van der Waals surface area (Å²) in [4.78, 5) is 12.2. The molecule has 0 heterocycles. The number of benzene rings is 2. The van der Waals surface area contributed by atoms with Crippen molar-refractivity contribution in [1.82, 2.24) is 0 Å². The molecule has 0 radical (unpaired) electrons. The predicted molar refractivity (Wildman–Crippen MR) is 87.7 cm³/mol. The first-order valence-corrected chi connectivity index (χ1v) is 7.40. The molecule has 0 saturated heterocycles. The number of carbonyl (C=O) groups excluding carboxylic acids is 1. The van der Waals surface area contributed by atoms with Gasteiger partial charge in [0, 0.05) is 13.7 Å². The molecule has 98 valence electrons. The number of aromatic hydroxyl groups is 1. The molecule has 1 amide bonds. The second-order valence-corrected chi connectivity index (χ2v) is 6.16. The minimum atomic E-state index is -0.171. The van der Waals surface area contributed by atoms with Crippen molar-refractivity contribution in [2.75, 3.05) is 5.32 Å². The highest BCUT2D eigenvalue weighted by Crippen LogP contribution is 2.22. The fourth-order valence-electron chi connectivity index (χ4n) is 1.60. The second kappa shape index (κ2) is 5.92. The Kier molecular flexibility index (Phi) is 4.46. The van der Waals surface area contributed by atoms with Gasteiger partial charge in [0.1, 0.15) is 5.75 Å². The van der Waals surface area contributed by atoms with Gasteiger partial charge >= 0.3 is 0 Å². The summed E-state index contributed by atoms with van der Waals surface area (Å²) in [6, 6.07) is 10.5. The van der Waals surface area contributed by atoms with Gasteiger partial charge in [-0.15, -0.1) is 0 Å². The van der Waals surface area contributed by atoms with Crippen LogP contribution in [0.2, 0.25) is 0 Å². The summed E-state index contributed by atoms with van der Waals surface area (Å²) in [7, 11) is 0. The molecule has 2 N–H and O–H groups in total. The number of carbonyl (C=O) groups is 1. The monoisotopic (exact) mass is 431 g/mol. The molecule has 2 rings (SSSR count). The van der Waals surface area contributed by atoms with Gasteiger partial charge in [0.15, 0.2) is 0 Å². The Bertz CT molecular complexity index is 643. The topological polar surface area (TPSA) is 49.3 Å². The van der Waals surface area contributed by atoms with E-state index in [4.69, 9.17) is 0 Å². The molecule has 2 aromatic carbocycles. The third-order valence-electron chi connectivity index (χ3n) is 2.63.